The smallest absolute Gasteiger partial charge is 0.116 e. The molecule has 58 valence electrons. The van der Waals surface area contributed by atoms with Crippen LogP contribution in [0.5, 0.6) is 0 Å². The van der Waals surface area contributed by atoms with Gasteiger partial charge in [0.25, 0.3) is 0 Å². The SMILES string of the molecule is C1COC2(CCN1)COC2. The summed E-state index contributed by atoms with van der Waals surface area (Å²) < 4.78 is 10.8. The van der Waals surface area contributed by atoms with Crippen molar-refractivity contribution in [3.8, 4) is 0 Å². The van der Waals surface area contributed by atoms with E-state index in [1.54, 1.807) is 0 Å². The zero-order valence-electron chi connectivity index (χ0n) is 6.06. The summed E-state index contributed by atoms with van der Waals surface area (Å²) in [5.74, 6) is 0. The van der Waals surface area contributed by atoms with Gasteiger partial charge in [0.2, 0.25) is 0 Å². The molecule has 3 nitrogen and oxygen atoms in total. The Morgan fingerprint density at radius 2 is 2.10 bits per heavy atom. The van der Waals surface area contributed by atoms with Crippen molar-refractivity contribution in [2.24, 2.45) is 0 Å². The third-order valence-corrected chi connectivity index (χ3v) is 2.17. The van der Waals surface area contributed by atoms with Gasteiger partial charge >= 0.3 is 0 Å². The first kappa shape index (κ1) is 6.58. The van der Waals surface area contributed by atoms with Gasteiger partial charge in [-0.3, -0.25) is 0 Å². The first-order valence-corrected chi connectivity index (χ1v) is 3.84. The molecule has 0 aromatic carbocycles. The molecule has 2 saturated heterocycles. The summed E-state index contributed by atoms with van der Waals surface area (Å²) in [5, 5.41) is 3.29. The fraction of sp³-hybridized carbons (Fsp3) is 1.00. The lowest BCUT2D eigenvalue weighted by Gasteiger charge is -2.39. The van der Waals surface area contributed by atoms with Crippen LogP contribution in [0.3, 0.4) is 0 Å². The van der Waals surface area contributed by atoms with Gasteiger partial charge in [0.1, 0.15) is 5.60 Å². The van der Waals surface area contributed by atoms with E-state index in [-0.39, 0.29) is 5.60 Å². The minimum atomic E-state index is 0.101. The van der Waals surface area contributed by atoms with Gasteiger partial charge in [-0.1, -0.05) is 0 Å². The number of hydrogen-bond acceptors (Lipinski definition) is 3. The van der Waals surface area contributed by atoms with E-state index in [4.69, 9.17) is 9.47 Å². The summed E-state index contributed by atoms with van der Waals surface area (Å²) in [6.07, 6.45) is 1.10. The Balaban J connectivity index is 1.92. The molecule has 0 radical (unpaired) electrons. The highest BCUT2D eigenvalue weighted by Crippen LogP contribution is 2.25. The van der Waals surface area contributed by atoms with Crippen LogP contribution in [-0.4, -0.2) is 38.5 Å². The quantitative estimate of drug-likeness (QED) is 0.508. The van der Waals surface area contributed by atoms with Crippen LogP contribution in [-0.2, 0) is 9.47 Å². The van der Waals surface area contributed by atoms with Gasteiger partial charge in [-0.15, -0.1) is 0 Å². The lowest BCUT2D eigenvalue weighted by molar-refractivity contribution is -0.205. The molecule has 2 aliphatic heterocycles. The zero-order valence-corrected chi connectivity index (χ0v) is 6.06. The molecular formula is C7H13NO2. The van der Waals surface area contributed by atoms with E-state index in [1.807, 2.05) is 0 Å². The summed E-state index contributed by atoms with van der Waals surface area (Å²) in [7, 11) is 0. The number of ether oxygens (including phenoxy) is 2. The summed E-state index contributed by atoms with van der Waals surface area (Å²) in [5.41, 5.74) is 0.101. The van der Waals surface area contributed by atoms with Crippen molar-refractivity contribution in [3.05, 3.63) is 0 Å². The summed E-state index contributed by atoms with van der Waals surface area (Å²) in [6, 6.07) is 0. The Kier molecular flexibility index (Phi) is 1.64. The molecule has 0 aliphatic carbocycles. The average molecular weight is 143 g/mol. The van der Waals surface area contributed by atoms with Crippen LogP contribution < -0.4 is 5.32 Å². The zero-order chi connectivity index (χ0) is 6.86. The minimum absolute atomic E-state index is 0.101. The van der Waals surface area contributed by atoms with Crippen molar-refractivity contribution in [3.63, 3.8) is 0 Å². The first-order valence-electron chi connectivity index (χ1n) is 3.84. The Hall–Kier alpha value is -0.120. The van der Waals surface area contributed by atoms with Gasteiger partial charge in [0.15, 0.2) is 0 Å². The lowest BCUT2D eigenvalue weighted by Crippen LogP contribution is -2.52. The molecule has 2 aliphatic rings. The van der Waals surface area contributed by atoms with E-state index in [0.717, 1.165) is 39.3 Å². The lowest BCUT2D eigenvalue weighted by atomic mass is 9.98. The molecule has 0 saturated carbocycles. The van der Waals surface area contributed by atoms with E-state index in [0.29, 0.717) is 0 Å². The highest BCUT2D eigenvalue weighted by Gasteiger charge is 2.39. The Bertz CT molecular complexity index is 113. The molecule has 2 heterocycles. The highest BCUT2D eigenvalue weighted by molar-refractivity contribution is 4.89. The Morgan fingerprint density at radius 3 is 2.80 bits per heavy atom. The van der Waals surface area contributed by atoms with E-state index >= 15 is 0 Å². The fourth-order valence-electron chi connectivity index (χ4n) is 1.41. The van der Waals surface area contributed by atoms with Gasteiger partial charge in [-0.25, -0.2) is 0 Å². The molecule has 0 aromatic rings. The van der Waals surface area contributed by atoms with Crippen molar-refractivity contribution in [1.82, 2.24) is 5.32 Å². The molecule has 0 atom stereocenters. The summed E-state index contributed by atoms with van der Waals surface area (Å²) in [4.78, 5) is 0. The second-order valence-corrected chi connectivity index (χ2v) is 3.02. The van der Waals surface area contributed by atoms with Crippen LogP contribution in [0, 0.1) is 0 Å². The maximum absolute atomic E-state index is 5.64. The van der Waals surface area contributed by atoms with Crippen LogP contribution >= 0.6 is 0 Å². The van der Waals surface area contributed by atoms with Gasteiger partial charge < -0.3 is 14.8 Å². The molecule has 0 amide bonds. The maximum atomic E-state index is 5.64. The predicted molar refractivity (Wildman–Crippen MR) is 37.0 cm³/mol. The molecule has 1 N–H and O–H groups in total. The Labute approximate surface area is 60.7 Å². The van der Waals surface area contributed by atoms with Crippen molar-refractivity contribution in [2.75, 3.05) is 32.9 Å². The van der Waals surface area contributed by atoms with E-state index in [2.05, 4.69) is 5.32 Å². The third kappa shape index (κ3) is 1.05. The maximum Gasteiger partial charge on any atom is 0.116 e. The van der Waals surface area contributed by atoms with Crippen LogP contribution in [0.15, 0.2) is 0 Å². The van der Waals surface area contributed by atoms with E-state index in [1.165, 1.54) is 0 Å². The van der Waals surface area contributed by atoms with Crippen molar-refractivity contribution < 1.29 is 9.47 Å². The van der Waals surface area contributed by atoms with Crippen LogP contribution in [0.1, 0.15) is 6.42 Å². The molecule has 0 bridgehead atoms. The second kappa shape index (κ2) is 2.49. The highest BCUT2D eigenvalue weighted by atomic mass is 16.6. The molecule has 2 fully saturated rings. The Morgan fingerprint density at radius 1 is 1.20 bits per heavy atom. The van der Waals surface area contributed by atoms with Gasteiger partial charge in [0.05, 0.1) is 19.8 Å². The largest absolute Gasteiger partial charge is 0.375 e. The van der Waals surface area contributed by atoms with E-state index < -0.39 is 0 Å². The minimum Gasteiger partial charge on any atom is -0.375 e. The summed E-state index contributed by atoms with van der Waals surface area (Å²) >= 11 is 0. The molecule has 10 heavy (non-hydrogen) atoms. The average Bonchev–Trinajstić information content (AvgIpc) is 2.08. The van der Waals surface area contributed by atoms with Gasteiger partial charge in [0, 0.05) is 6.54 Å². The number of hydrogen-bond donors (Lipinski definition) is 1. The van der Waals surface area contributed by atoms with Crippen LogP contribution in [0.4, 0.5) is 0 Å². The number of rotatable bonds is 0. The molecule has 0 unspecified atom stereocenters. The third-order valence-electron chi connectivity index (χ3n) is 2.17. The van der Waals surface area contributed by atoms with Crippen molar-refractivity contribution in [2.45, 2.75) is 12.0 Å². The van der Waals surface area contributed by atoms with E-state index in [9.17, 15) is 0 Å². The van der Waals surface area contributed by atoms with Crippen LogP contribution in [0.2, 0.25) is 0 Å². The van der Waals surface area contributed by atoms with Gasteiger partial charge in [-0.05, 0) is 13.0 Å². The predicted octanol–water partition coefficient (Wildman–Crippen LogP) is -0.235. The first-order chi connectivity index (χ1) is 4.91. The normalized spacial score (nSPS) is 31.2. The fourth-order valence-corrected chi connectivity index (χ4v) is 1.41. The van der Waals surface area contributed by atoms with Crippen molar-refractivity contribution in [1.29, 1.82) is 0 Å². The molecular weight excluding hydrogens is 130 g/mol. The molecule has 0 aromatic heterocycles. The van der Waals surface area contributed by atoms with Crippen molar-refractivity contribution >= 4 is 0 Å². The topological polar surface area (TPSA) is 30.5 Å². The second-order valence-electron chi connectivity index (χ2n) is 3.02. The molecule has 2 rings (SSSR count). The molecule has 1 spiro atoms. The monoisotopic (exact) mass is 143 g/mol. The van der Waals surface area contributed by atoms with Gasteiger partial charge in [-0.2, -0.15) is 0 Å². The molecule has 3 heteroatoms. The standard InChI is InChI=1S/C7H13NO2/c1-2-8-3-4-10-7(1)5-9-6-7/h8H,1-6H2. The van der Waals surface area contributed by atoms with Crippen LogP contribution in [0.25, 0.3) is 0 Å². The summed E-state index contributed by atoms with van der Waals surface area (Å²) in [6.45, 7) is 4.50. The number of nitrogens with one attached hydrogen (secondary N) is 1.